The highest BCUT2D eigenvalue weighted by molar-refractivity contribution is 6.30. The molecule has 0 saturated heterocycles. The molecular weight excluding hydrogens is 478 g/mol. The number of hydrogen-bond acceptors (Lipinski definition) is 7. The number of nitrogens with one attached hydrogen (secondary N) is 1. The molecule has 9 nitrogen and oxygen atoms in total. The maximum atomic E-state index is 10.6. The minimum atomic E-state index is -0.0142. The Hall–Kier alpha value is -3.56. The van der Waals surface area contributed by atoms with Gasteiger partial charge in [0.25, 0.3) is 0 Å². The number of halogens is 1. The van der Waals surface area contributed by atoms with Crippen LogP contribution in [0.3, 0.4) is 0 Å². The molecule has 6 rings (SSSR count). The minimum Gasteiger partial charge on any atom is -0.395 e. The third-order valence-electron chi connectivity index (χ3n) is 6.22. The molecule has 10 heteroatoms. The van der Waals surface area contributed by atoms with Crippen LogP contribution in [0.1, 0.15) is 54.5 Å². The van der Waals surface area contributed by atoms with E-state index < -0.39 is 0 Å². The Labute approximate surface area is 214 Å². The first-order valence-electron chi connectivity index (χ1n) is 12.1. The van der Waals surface area contributed by atoms with Crippen LogP contribution in [0.4, 0.5) is 11.6 Å². The second-order valence-electron chi connectivity index (χ2n) is 9.08. The molecule has 0 radical (unpaired) electrons. The van der Waals surface area contributed by atoms with Gasteiger partial charge in [-0.3, -0.25) is 9.78 Å². The summed E-state index contributed by atoms with van der Waals surface area (Å²) in [5.41, 5.74) is 4.30. The van der Waals surface area contributed by atoms with E-state index in [-0.39, 0.29) is 6.61 Å². The summed E-state index contributed by atoms with van der Waals surface area (Å²) >= 11 is 5.78. The number of aliphatic hydroxyl groups is 1. The maximum Gasteiger partial charge on any atom is 0.212 e. The van der Waals surface area contributed by atoms with Crippen LogP contribution in [-0.2, 0) is 11.3 Å². The lowest BCUT2D eigenvalue weighted by atomic mass is 10.2. The van der Waals surface area contributed by atoms with E-state index in [1.165, 1.54) is 37.6 Å². The fourth-order valence-electron chi connectivity index (χ4n) is 4.07. The lowest BCUT2D eigenvalue weighted by Crippen LogP contribution is -2.27. The molecule has 0 aliphatic heterocycles. The SMILES string of the molecule is Clc1ccnc(C2CC2)c1.O=CNc1cc(N(CCO)Cc2cn3cc(C4CC4)ccc3n2)ncn1. The van der Waals surface area contributed by atoms with E-state index in [0.717, 1.165) is 22.1 Å². The van der Waals surface area contributed by atoms with Gasteiger partial charge in [0.05, 0.1) is 18.8 Å². The average molecular weight is 506 g/mol. The molecule has 1 amide bonds. The molecule has 186 valence electrons. The number of aromatic nitrogens is 5. The number of nitrogens with zero attached hydrogens (tertiary/aromatic N) is 6. The normalized spacial score (nSPS) is 14.7. The van der Waals surface area contributed by atoms with Gasteiger partial charge in [-0.25, -0.2) is 15.0 Å². The lowest BCUT2D eigenvalue weighted by molar-refractivity contribution is -0.105. The lowest BCUT2D eigenvalue weighted by Gasteiger charge is -2.21. The molecule has 2 fully saturated rings. The van der Waals surface area contributed by atoms with Gasteiger partial charge in [0, 0.05) is 47.8 Å². The Balaban J connectivity index is 0.000000222. The second kappa shape index (κ2) is 11.0. The highest BCUT2D eigenvalue weighted by atomic mass is 35.5. The minimum absolute atomic E-state index is 0.0142. The summed E-state index contributed by atoms with van der Waals surface area (Å²) in [6.07, 6.45) is 13.0. The second-order valence-corrected chi connectivity index (χ2v) is 9.51. The number of pyridine rings is 2. The maximum absolute atomic E-state index is 10.6. The zero-order chi connectivity index (χ0) is 24.9. The van der Waals surface area contributed by atoms with Gasteiger partial charge < -0.3 is 19.7 Å². The van der Waals surface area contributed by atoms with E-state index in [9.17, 15) is 9.90 Å². The summed E-state index contributed by atoms with van der Waals surface area (Å²) in [7, 11) is 0. The zero-order valence-corrected chi connectivity index (χ0v) is 20.6. The molecule has 2 aliphatic rings. The molecule has 0 aromatic carbocycles. The zero-order valence-electron chi connectivity index (χ0n) is 19.8. The van der Waals surface area contributed by atoms with Crippen LogP contribution in [0.15, 0.2) is 55.2 Å². The highest BCUT2D eigenvalue weighted by Gasteiger charge is 2.25. The fraction of sp³-hybridized carbons (Fsp3) is 0.346. The topological polar surface area (TPSA) is 109 Å². The molecule has 4 aromatic heterocycles. The molecule has 2 N–H and O–H groups in total. The molecule has 36 heavy (non-hydrogen) atoms. The Kier molecular flexibility index (Phi) is 7.39. The van der Waals surface area contributed by atoms with Gasteiger partial charge in [0.15, 0.2) is 0 Å². The smallest absolute Gasteiger partial charge is 0.212 e. The number of carbonyl (C=O) groups excluding carboxylic acids is 1. The molecule has 2 saturated carbocycles. The van der Waals surface area contributed by atoms with Gasteiger partial charge >= 0.3 is 0 Å². The molecule has 0 bridgehead atoms. The number of rotatable bonds is 9. The van der Waals surface area contributed by atoms with Crippen molar-refractivity contribution in [3.63, 3.8) is 0 Å². The summed E-state index contributed by atoms with van der Waals surface area (Å²) in [5, 5.41) is 12.7. The number of imidazole rings is 1. The number of aliphatic hydroxyl groups excluding tert-OH is 1. The van der Waals surface area contributed by atoms with Crippen molar-refractivity contribution in [2.24, 2.45) is 0 Å². The van der Waals surface area contributed by atoms with Crippen LogP contribution >= 0.6 is 11.6 Å². The Morgan fingerprint density at radius 2 is 1.92 bits per heavy atom. The number of amides is 1. The fourth-order valence-corrected chi connectivity index (χ4v) is 4.24. The molecule has 0 spiro atoms. The van der Waals surface area contributed by atoms with Crippen molar-refractivity contribution in [1.29, 1.82) is 0 Å². The first-order chi connectivity index (χ1) is 17.6. The standard InChI is InChI=1S/C18H20N6O2.C8H8ClN/c25-6-5-23(18-7-16(21-12-26)19-11-20-18)9-15-10-24-8-14(13-1-2-13)3-4-17(24)22-15;9-7-3-4-10-8(5-7)6-1-2-6/h3-4,7-8,10-13,25H,1-2,5-6,9H2,(H,19,20,21,26);3-6H,1-2H2. The molecule has 0 unspecified atom stereocenters. The molecular formula is C26H28ClN7O2. The van der Waals surface area contributed by atoms with Crippen molar-refractivity contribution in [3.05, 3.63) is 77.2 Å². The highest BCUT2D eigenvalue weighted by Crippen LogP contribution is 2.40. The first kappa shape index (κ1) is 24.1. The van der Waals surface area contributed by atoms with Gasteiger partial charge in [-0.15, -0.1) is 0 Å². The van der Waals surface area contributed by atoms with Crippen LogP contribution in [0.2, 0.25) is 5.02 Å². The van der Waals surface area contributed by atoms with Gasteiger partial charge in [0.2, 0.25) is 6.41 Å². The monoisotopic (exact) mass is 505 g/mol. The molecule has 4 heterocycles. The van der Waals surface area contributed by atoms with E-state index in [2.05, 4.69) is 41.9 Å². The summed E-state index contributed by atoms with van der Waals surface area (Å²) < 4.78 is 2.06. The largest absolute Gasteiger partial charge is 0.395 e. The molecule has 0 atom stereocenters. The van der Waals surface area contributed by atoms with Crippen LogP contribution < -0.4 is 10.2 Å². The predicted molar refractivity (Wildman–Crippen MR) is 138 cm³/mol. The molecule has 2 aliphatic carbocycles. The van der Waals surface area contributed by atoms with Gasteiger partial charge in [0.1, 0.15) is 23.6 Å². The third-order valence-corrected chi connectivity index (χ3v) is 6.45. The summed E-state index contributed by atoms with van der Waals surface area (Å²) in [6, 6.07) is 9.64. The van der Waals surface area contributed by atoms with Crippen molar-refractivity contribution in [3.8, 4) is 0 Å². The Morgan fingerprint density at radius 1 is 1.08 bits per heavy atom. The van der Waals surface area contributed by atoms with E-state index in [1.807, 2.05) is 29.3 Å². The van der Waals surface area contributed by atoms with Gasteiger partial charge in [-0.2, -0.15) is 0 Å². The quantitative estimate of drug-likeness (QED) is 0.328. The number of hydrogen-bond donors (Lipinski definition) is 2. The van der Waals surface area contributed by atoms with Crippen molar-refractivity contribution in [1.82, 2.24) is 24.3 Å². The van der Waals surface area contributed by atoms with Crippen molar-refractivity contribution in [2.45, 2.75) is 44.1 Å². The number of anilines is 2. The van der Waals surface area contributed by atoms with Crippen molar-refractivity contribution >= 4 is 35.3 Å². The Bertz CT molecular complexity index is 1340. The van der Waals surface area contributed by atoms with Crippen LogP contribution in [0.25, 0.3) is 5.65 Å². The number of fused-ring (bicyclic) bond motifs is 1. The van der Waals surface area contributed by atoms with Crippen molar-refractivity contribution in [2.75, 3.05) is 23.4 Å². The summed E-state index contributed by atoms with van der Waals surface area (Å²) in [5.74, 6) is 2.44. The van der Waals surface area contributed by atoms with Crippen LogP contribution in [0, 0.1) is 0 Å². The van der Waals surface area contributed by atoms with E-state index in [4.69, 9.17) is 11.6 Å². The van der Waals surface area contributed by atoms with E-state index >= 15 is 0 Å². The van der Waals surface area contributed by atoms with E-state index in [1.54, 1.807) is 12.3 Å². The van der Waals surface area contributed by atoms with Crippen LogP contribution in [-0.4, -0.2) is 49.0 Å². The summed E-state index contributed by atoms with van der Waals surface area (Å²) in [6.45, 7) is 0.886. The number of carbonyl (C=O) groups is 1. The average Bonchev–Trinajstić information content (AvgIpc) is 3.81. The molecule has 4 aromatic rings. The predicted octanol–water partition coefficient (Wildman–Crippen LogP) is 4.18. The van der Waals surface area contributed by atoms with Gasteiger partial charge in [-0.1, -0.05) is 17.7 Å². The summed E-state index contributed by atoms with van der Waals surface area (Å²) in [4.78, 5) is 29.6. The van der Waals surface area contributed by atoms with Crippen LogP contribution in [0.5, 0.6) is 0 Å². The first-order valence-corrected chi connectivity index (χ1v) is 12.5. The van der Waals surface area contributed by atoms with E-state index in [0.29, 0.717) is 43.0 Å². The van der Waals surface area contributed by atoms with Gasteiger partial charge in [-0.05, 0) is 55.4 Å². The Morgan fingerprint density at radius 3 is 2.64 bits per heavy atom. The third kappa shape index (κ3) is 6.16. The van der Waals surface area contributed by atoms with Crippen molar-refractivity contribution < 1.29 is 9.90 Å².